The lowest BCUT2D eigenvalue weighted by Crippen LogP contribution is -2.36. The van der Waals surface area contributed by atoms with Crippen LogP contribution >= 0.6 is 0 Å². The molecule has 0 aliphatic rings. The summed E-state index contributed by atoms with van der Waals surface area (Å²) in [7, 11) is 0. The molecule has 4 heteroatoms. The van der Waals surface area contributed by atoms with Gasteiger partial charge in [0.2, 0.25) is 0 Å². The van der Waals surface area contributed by atoms with Crippen LogP contribution in [0, 0.1) is 0 Å². The molecule has 74 valence electrons. The molecule has 0 bridgehead atoms. The van der Waals surface area contributed by atoms with Crippen LogP contribution < -0.4 is 11.3 Å². The van der Waals surface area contributed by atoms with Crippen molar-refractivity contribution in [1.82, 2.24) is 5.43 Å². The Balaban J connectivity index is 2.62. The molecule has 1 rings (SSSR count). The first-order chi connectivity index (χ1) is 6.29. The number of hydrogen-bond acceptors (Lipinski definition) is 4. The molecule has 3 N–H and O–H groups in total. The van der Waals surface area contributed by atoms with Crippen molar-refractivity contribution in [3.8, 4) is 0 Å². The van der Waals surface area contributed by atoms with Crippen LogP contribution in [0.5, 0.6) is 0 Å². The molecule has 0 amide bonds. The lowest BCUT2D eigenvalue weighted by molar-refractivity contribution is 0.0414. The van der Waals surface area contributed by atoms with Gasteiger partial charge in [0.1, 0.15) is 11.8 Å². The van der Waals surface area contributed by atoms with Crippen molar-refractivity contribution in [2.75, 3.05) is 6.61 Å². The molecule has 0 radical (unpaired) electrons. The topological polar surface area (TPSA) is 60.4 Å². The Labute approximate surface area is 78.0 Å². The summed E-state index contributed by atoms with van der Waals surface area (Å²) in [6.45, 7) is 4.57. The Hall–Kier alpha value is -0.840. The smallest absolute Gasteiger partial charge is 0.124 e. The molecular weight excluding hydrogens is 168 g/mol. The number of ether oxygens (including phenoxy) is 1. The van der Waals surface area contributed by atoms with Gasteiger partial charge in [0.05, 0.1) is 12.4 Å². The summed E-state index contributed by atoms with van der Waals surface area (Å²) < 4.78 is 10.6. The van der Waals surface area contributed by atoms with Crippen molar-refractivity contribution in [3.63, 3.8) is 0 Å². The fourth-order valence-corrected chi connectivity index (χ4v) is 1.28. The molecule has 0 aliphatic heterocycles. The molecule has 4 nitrogen and oxygen atoms in total. The highest BCUT2D eigenvalue weighted by atomic mass is 16.5. The predicted octanol–water partition coefficient (Wildman–Crippen LogP) is 1.21. The molecule has 0 spiro atoms. The minimum absolute atomic E-state index is 0.00106. The van der Waals surface area contributed by atoms with Crippen LogP contribution in [-0.4, -0.2) is 12.7 Å². The maximum absolute atomic E-state index is 5.42. The van der Waals surface area contributed by atoms with Gasteiger partial charge < -0.3 is 9.15 Å². The Morgan fingerprint density at radius 1 is 1.69 bits per heavy atom. The normalized spacial score (nSPS) is 15.6. The standard InChI is InChI=1S/C9H16N2O2/c1-3-12-7(2)9(11-10)8-5-4-6-13-8/h4-7,9,11H,3,10H2,1-2H3. The SMILES string of the molecule is CCOC(C)C(NN)c1ccco1. The van der Waals surface area contributed by atoms with Crippen molar-refractivity contribution < 1.29 is 9.15 Å². The first kappa shape index (κ1) is 10.2. The second kappa shape index (κ2) is 5.01. The van der Waals surface area contributed by atoms with Crippen LogP contribution in [0.15, 0.2) is 22.8 Å². The third kappa shape index (κ3) is 2.55. The van der Waals surface area contributed by atoms with E-state index in [4.69, 9.17) is 15.0 Å². The second-order valence-corrected chi connectivity index (χ2v) is 2.82. The maximum Gasteiger partial charge on any atom is 0.124 e. The fraction of sp³-hybridized carbons (Fsp3) is 0.556. The summed E-state index contributed by atoms with van der Waals surface area (Å²) in [4.78, 5) is 0. The first-order valence-electron chi connectivity index (χ1n) is 4.40. The van der Waals surface area contributed by atoms with Crippen LogP contribution in [0.3, 0.4) is 0 Å². The van der Waals surface area contributed by atoms with Crippen LogP contribution in [0.4, 0.5) is 0 Å². The van der Waals surface area contributed by atoms with Gasteiger partial charge in [0.25, 0.3) is 0 Å². The number of rotatable bonds is 5. The minimum atomic E-state index is -0.0880. The molecule has 1 aromatic rings. The highest BCUT2D eigenvalue weighted by Gasteiger charge is 2.20. The summed E-state index contributed by atoms with van der Waals surface area (Å²) in [5, 5.41) is 0. The molecular formula is C9H16N2O2. The summed E-state index contributed by atoms with van der Waals surface area (Å²) >= 11 is 0. The van der Waals surface area contributed by atoms with E-state index < -0.39 is 0 Å². The van der Waals surface area contributed by atoms with Gasteiger partial charge in [0, 0.05) is 6.61 Å². The van der Waals surface area contributed by atoms with Gasteiger partial charge in [-0.1, -0.05) is 0 Å². The Morgan fingerprint density at radius 2 is 2.46 bits per heavy atom. The van der Waals surface area contributed by atoms with Gasteiger partial charge in [-0.2, -0.15) is 0 Å². The van der Waals surface area contributed by atoms with Crippen molar-refractivity contribution in [2.45, 2.75) is 26.0 Å². The average Bonchev–Trinajstić information content (AvgIpc) is 2.59. The Morgan fingerprint density at radius 3 is 2.92 bits per heavy atom. The second-order valence-electron chi connectivity index (χ2n) is 2.82. The van der Waals surface area contributed by atoms with E-state index in [1.54, 1.807) is 6.26 Å². The van der Waals surface area contributed by atoms with Gasteiger partial charge in [-0.3, -0.25) is 5.84 Å². The third-order valence-corrected chi connectivity index (χ3v) is 1.93. The summed E-state index contributed by atoms with van der Waals surface area (Å²) in [5.41, 5.74) is 2.67. The molecule has 0 aliphatic carbocycles. The fourth-order valence-electron chi connectivity index (χ4n) is 1.28. The molecule has 2 unspecified atom stereocenters. The molecule has 0 aromatic carbocycles. The molecule has 13 heavy (non-hydrogen) atoms. The van der Waals surface area contributed by atoms with E-state index in [1.165, 1.54) is 0 Å². The summed E-state index contributed by atoms with van der Waals surface area (Å²) in [5.74, 6) is 6.20. The number of hydrazine groups is 1. The molecule has 0 saturated heterocycles. The van der Waals surface area contributed by atoms with Crippen LogP contribution in [-0.2, 0) is 4.74 Å². The lowest BCUT2D eigenvalue weighted by atomic mass is 10.1. The zero-order valence-electron chi connectivity index (χ0n) is 7.99. The molecule has 1 heterocycles. The van der Waals surface area contributed by atoms with E-state index in [2.05, 4.69) is 5.43 Å². The van der Waals surface area contributed by atoms with Gasteiger partial charge in [-0.25, -0.2) is 5.43 Å². The van der Waals surface area contributed by atoms with E-state index in [-0.39, 0.29) is 12.1 Å². The number of hydrogen-bond donors (Lipinski definition) is 2. The largest absolute Gasteiger partial charge is 0.468 e. The van der Waals surface area contributed by atoms with E-state index in [1.807, 2.05) is 26.0 Å². The number of furan rings is 1. The number of nitrogens with two attached hydrogens (primary N) is 1. The summed E-state index contributed by atoms with van der Waals surface area (Å²) in [6, 6.07) is 3.62. The minimum Gasteiger partial charge on any atom is -0.468 e. The van der Waals surface area contributed by atoms with Crippen molar-refractivity contribution >= 4 is 0 Å². The molecule has 2 atom stereocenters. The summed E-state index contributed by atoms with van der Waals surface area (Å²) in [6.07, 6.45) is 1.62. The van der Waals surface area contributed by atoms with E-state index in [9.17, 15) is 0 Å². The highest BCUT2D eigenvalue weighted by Crippen LogP contribution is 2.18. The van der Waals surface area contributed by atoms with Crippen LogP contribution in [0.2, 0.25) is 0 Å². The average molecular weight is 184 g/mol. The Kier molecular flexibility index (Phi) is 3.95. The van der Waals surface area contributed by atoms with Gasteiger partial charge in [0.15, 0.2) is 0 Å². The zero-order chi connectivity index (χ0) is 9.68. The van der Waals surface area contributed by atoms with Crippen LogP contribution in [0.25, 0.3) is 0 Å². The molecule has 1 aromatic heterocycles. The molecule has 0 fully saturated rings. The van der Waals surface area contributed by atoms with Crippen LogP contribution in [0.1, 0.15) is 25.6 Å². The van der Waals surface area contributed by atoms with E-state index in [0.717, 1.165) is 5.76 Å². The molecule has 0 saturated carbocycles. The van der Waals surface area contributed by atoms with Crippen molar-refractivity contribution in [1.29, 1.82) is 0 Å². The monoisotopic (exact) mass is 184 g/mol. The third-order valence-electron chi connectivity index (χ3n) is 1.93. The Bertz CT molecular complexity index is 224. The van der Waals surface area contributed by atoms with Gasteiger partial charge in [-0.15, -0.1) is 0 Å². The van der Waals surface area contributed by atoms with Gasteiger partial charge in [-0.05, 0) is 26.0 Å². The van der Waals surface area contributed by atoms with Gasteiger partial charge >= 0.3 is 0 Å². The van der Waals surface area contributed by atoms with E-state index >= 15 is 0 Å². The maximum atomic E-state index is 5.42. The first-order valence-corrected chi connectivity index (χ1v) is 4.40. The lowest BCUT2D eigenvalue weighted by Gasteiger charge is -2.20. The van der Waals surface area contributed by atoms with Crippen molar-refractivity contribution in [2.24, 2.45) is 5.84 Å². The van der Waals surface area contributed by atoms with Crippen molar-refractivity contribution in [3.05, 3.63) is 24.2 Å². The predicted molar refractivity (Wildman–Crippen MR) is 49.9 cm³/mol. The number of nitrogens with one attached hydrogen (secondary N) is 1. The quantitative estimate of drug-likeness (QED) is 0.533. The zero-order valence-corrected chi connectivity index (χ0v) is 7.99. The highest BCUT2D eigenvalue weighted by molar-refractivity contribution is 5.05. The van der Waals surface area contributed by atoms with E-state index in [0.29, 0.717) is 6.61 Å².